The SMILES string of the molecule is Cc1ccc(C(=O)O)cc1NC(=O)C(Sc1cccc(NC(=O)/C(=C\c2c(F)cccc2Cl)NC(=O)c2ccccc2)c1)c1ccccc1. The number of carbonyl (C=O) groups excluding carboxylic acids is 3. The highest BCUT2D eigenvalue weighted by atomic mass is 35.5. The van der Waals surface area contributed by atoms with E-state index in [-0.39, 0.29) is 33.3 Å². The van der Waals surface area contributed by atoms with Gasteiger partial charge in [-0.25, -0.2) is 9.18 Å². The van der Waals surface area contributed by atoms with Crippen LogP contribution in [-0.4, -0.2) is 28.8 Å². The average molecular weight is 694 g/mol. The van der Waals surface area contributed by atoms with Crippen molar-refractivity contribution in [1.29, 1.82) is 0 Å². The molecule has 246 valence electrons. The summed E-state index contributed by atoms with van der Waals surface area (Å²) in [5.74, 6) is -3.50. The molecule has 0 bridgehead atoms. The lowest BCUT2D eigenvalue weighted by Gasteiger charge is -2.19. The van der Waals surface area contributed by atoms with Crippen LogP contribution in [0.2, 0.25) is 5.02 Å². The molecule has 49 heavy (non-hydrogen) atoms. The van der Waals surface area contributed by atoms with Crippen molar-refractivity contribution >= 4 is 64.5 Å². The van der Waals surface area contributed by atoms with Crippen molar-refractivity contribution in [3.05, 3.63) is 166 Å². The van der Waals surface area contributed by atoms with Gasteiger partial charge in [-0.15, -0.1) is 11.8 Å². The maximum atomic E-state index is 14.7. The molecular formula is C38H29ClFN3O5S. The van der Waals surface area contributed by atoms with Crippen LogP contribution in [0.5, 0.6) is 0 Å². The molecule has 0 spiro atoms. The highest BCUT2D eigenvalue weighted by molar-refractivity contribution is 8.00. The minimum atomic E-state index is -1.11. The Bertz CT molecular complexity index is 2040. The molecule has 11 heteroatoms. The number of rotatable bonds is 11. The van der Waals surface area contributed by atoms with Crippen LogP contribution in [0, 0.1) is 12.7 Å². The zero-order chi connectivity index (χ0) is 34.9. The molecule has 5 aromatic carbocycles. The third-order valence-electron chi connectivity index (χ3n) is 7.25. The van der Waals surface area contributed by atoms with Gasteiger partial charge in [0.05, 0.1) is 10.6 Å². The lowest BCUT2D eigenvalue weighted by molar-refractivity contribution is -0.116. The normalized spacial score (nSPS) is 11.7. The van der Waals surface area contributed by atoms with Crippen LogP contribution in [0.4, 0.5) is 15.8 Å². The summed E-state index contributed by atoms with van der Waals surface area (Å²) in [6, 6.07) is 32.7. The van der Waals surface area contributed by atoms with E-state index in [9.17, 15) is 28.7 Å². The number of hydrogen-bond donors (Lipinski definition) is 4. The number of aryl methyl sites for hydroxylation is 1. The highest BCUT2D eigenvalue weighted by Crippen LogP contribution is 2.37. The maximum Gasteiger partial charge on any atom is 0.335 e. The Labute approximate surface area is 291 Å². The molecule has 0 heterocycles. The molecule has 0 aliphatic heterocycles. The summed E-state index contributed by atoms with van der Waals surface area (Å²) in [4.78, 5) is 52.5. The minimum Gasteiger partial charge on any atom is -0.478 e. The van der Waals surface area contributed by atoms with E-state index in [1.165, 1.54) is 48.2 Å². The second-order valence-electron chi connectivity index (χ2n) is 10.7. The van der Waals surface area contributed by atoms with Crippen molar-refractivity contribution in [3.8, 4) is 0 Å². The van der Waals surface area contributed by atoms with Crippen LogP contribution in [0.1, 0.15) is 42.7 Å². The molecule has 1 atom stereocenters. The number of carboxylic acids is 1. The van der Waals surface area contributed by atoms with Gasteiger partial charge in [-0.2, -0.15) is 0 Å². The Kier molecular flexibility index (Phi) is 11.3. The summed E-state index contributed by atoms with van der Waals surface area (Å²) in [5, 5.41) is 16.9. The lowest BCUT2D eigenvalue weighted by Crippen LogP contribution is -2.30. The highest BCUT2D eigenvalue weighted by Gasteiger charge is 2.24. The lowest BCUT2D eigenvalue weighted by atomic mass is 10.1. The number of hydrogen-bond acceptors (Lipinski definition) is 5. The van der Waals surface area contributed by atoms with Gasteiger partial charge in [-0.05, 0) is 78.7 Å². The van der Waals surface area contributed by atoms with Crippen LogP contribution in [0.15, 0.2) is 132 Å². The fraction of sp³-hybridized carbons (Fsp3) is 0.0526. The first-order valence-corrected chi connectivity index (χ1v) is 16.1. The van der Waals surface area contributed by atoms with Crippen molar-refractivity contribution < 1.29 is 28.7 Å². The first kappa shape index (κ1) is 34.6. The Morgan fingerprint density at radius 2 is 1.49 bits per heavy atom. The summed E-state index contributed by atoms with van der Waals surface area (Å²) in [5.41, 5.74) is 2.10. The molecular weight excluding hydrogens is 665 g/mol. The van der Waals surface area contributed by atoms with Crippen LogP contribution >= 0.6 is 23.4 Å². The number of carboxylic acid groups (broad SMARTS) is 1. The van der Waals surface area contributed by atoms with E-state index in [0.29, 0.717) is 27.4 Å². The fourth-order valence-electron chi connectivity index (χ4n) is 4.71. The van der Waals surface area contributed by atoms with E-state index < -0.39 is 28.9 Å². The molecule has 5 rings (SSSR count). The molecule has 5 aromatic rings. The zero-order valence-electron chi connectivity index (χ0n) is 25.9. The first-order chi connectivity index (χ1) is 23.6. The minimum absolute atomic E-state index is 0.0407. The number of anilines is 2. The Morgan fingerprint density at radius 1 is 0.796 bits per heavy atom. The van der Waals surface area contributed by atoms with Gasteiger partial charge in [-0.3, -0.25) is 14.4 Å². The van der Waals surface area contributed by atoms with Gasteiger partial charge >= 0.3 is 5.97 Å². The van der Waals surface area contributed by atoms with Crippen LogP contribution in [-0.2, 0) is 9.59 Å². The molecule has 0 aromatic heterocycles. The molecule has 0 fully saturated rings. The summed E-state index contributed by atoms with van der Waals surface area (Å²) in [6.45, 7) is 1.77. The largest absolute Gasteiger partial charge is 0.478 e. The molecule has 0 aliphatic rings. The van der Waals surface area contributed by atoms with Gasteiger partial charge in [-0.1, -0.05) is 78.3 Å². The van der Waals surface area contributed by atoms with E-state index >= 15 is 0 Å². The van der Waals surface area contributed by atoms with Crippen LogP contribution < -0.4 is 16.0 Å². The molecule has 0 saturated heterocycles. The van der Waals surface area contributed by atoms with Gasteiger partial charge in [0.1, 0.15) is 16.8 Å². The molecule has 0 radical (unpaired) electrons. The van der Waals surface area contributed by atoms with E-state index in [2.05, 4.69) is 16.0 Å². The number of nitrogens with one attached hydrogen (secondary N) is 3. The predicted octanol–water partition coefficient (Wildman–Crippen LogP) is 8.37. The number of carbonyl (C=O) groups is 4. The number of aromatic carboxylic acids is 1. The Hall–Kier alpha value is -5.71. The Balaban J connectivity index is 1.41. The second-order valence-corrected chi connectivity index (χ2v) is 12.3. The number of benzene rings is 5. The fourth-order valence-corrected chi connectivity index (χ4v) is 6.01. The van der Waals surface area contributed by atoms with Gasteiger partial charge in [0.2, 0.25) is 5.91 Å². The monoisotopic (exact) mass is 693 g/mol. The smallest absolute Gasteiger partial charge is 0.335 e. The second kappa shape index (κ2) is 15.9. The predicted molar refractivity (Wildman–Crippen MR) is 190 cm³/mol. The Morgan fingerprint density at radius 3 is 2.18 bits per heavy atom. The summed E-state index contributed by atoms with van der Waals surface area (Å²) in [6.07, 6.45) is 1.17. The quantitative estimate of drug-likeness (QED) is 0.0814. The van der Waals surface area contributed by atoms with Gasteiger partial charge < -0.3 is 21.1 Å². The van der Waals surface area contributed by atoms with Crippen LogP contribution in [0.3, 0.4) is 0 Å². The topological polar surface area (TPSA) is 125 Å². The molecule has 3 amide bonds. The molecule has 0 saturated carbocycles. The molecule has 1 unspecified atom stereocenters. The summed E-state index contributed by atoms with van der Waals surface area (Å²) < 4.78 is 14.7. The zero-order valence-corrected chi connectivity index (χ0v) is 27.5. The van der Waals surface area contributed by atoms with E-state index in [1.807, 2.05) is 30.3 Å². The third kappa shape index (κ3) is 9.01. The van der Waals surface area contributed by atoms with Crippen molar-refractivity contribution in [2.75, 3.05) is 10.6 Å². The maximum absolute atomic E-state index is 14.7. The van der Waals surface area contributed by atoms with Crippen LogP contribution in [0.25, 0.3) is 6.08 Å². The number of amides is 3. The van der Waals surface area contributed by atoms with E-state index in [1.54, 1.807) is 67.6 Å². The van der Waals surface area contributed by atoms with Gasteiger partial charge in [0, 0.05) is 27.4 Å². The first-order valence-electron chi connectivity index (χ1n) is 14.9. The molecule has 4 N–H and O–H groups in total. The van der Waals surface area contributed by atoms with Crippen molar-refractivity contribution in [2.45, 2.75) is 17.1 Å². The number of thioether (sulfide) groups is 1. The summed E-state index contributed by atoms with van der Waals surface area (Å²) >= 11 is 7.45. The van der Waals surface area contributed by atoms with E-state index in [0.717, 1.165) is 0 Å². The molecule has 8 nitrogen and oxygen atoms in total. The van der Waals surface area contributed by atoms with Crippen molar-refractivity contribution in [1.82, 2.24) is 5.32 Å². The van der Waals surface area contributed by atoms with Crippen molar-refractivity contribution in [2.24, 2.45) is 0 Å². The van der Waals surface area contributed by atoms with Gasteiger partial charge in [0.25, 0.3) is 11.8 Å². The number of halogens is 2. The van der Waals surface area contributed by atoms with E-state index in [4.69, 9.17) is 11.6 Å². The summed E-state index contributed by atoms with van der Waals surface area (Å²) in [7, 11) is 0. The van der Waals surface area contributed by atoms with Gasteiger partial charge in [0.15, 0.2) is 0 Å². The average Bonchev–Trinajstić information content (AvgIpc) is 3.10. The molecule has 0 aliphatic carbocycles. The third-order valence-corrected chi connectivity index (χ3v) is 8.82. The van der Waals surface area contributed by atoms with Crippen molar-refractivity contribution in [3.63, 3.8) is 0 Å². The standard InChI is InChI=1S/C38H29ClFN3O5S/c1-23-18-19-26(38(47)48)20-32(23)42-37(46)34(24-10-4-2-5-11-24)49-28-15-8-14-27(21-28)41-36(45)33(22-29-30(39)16-9-17-31(29)40)43-35(44)25-12-6-3-7-13-25/h2-22,34H,1H3,(H,41,45)(H,42,46)(H,43,44)(H,47,48)/b33-22+.